The van der Waals surface area contributed by atoms with Gasteiger partial charge in [-0.3, -0.25) is 0 Å². The van der Waals surface area contributed by atoms with Crippen molar-refractivity contribution in [2.75, 3.05) is 0 Å². The number of fused-ring (bicyclic) bond motifs is 1. The third-order valence-electron chi connectivity index (χ3n) is 2.81. The molecule has 1 aromatic rings. The molecule has 0 atom stereocenters. The summed E-state index contributed by atoms with van der Waals surface area (Å²) in [7, 11) is 0. The highest BCUT2D eigenvalue weighted by Gasteiger charge is 2.17. The van der Waals surface area contributed by atoms with Crippen molar-refractivity contribution in [3.05, 3.63) is 41.0 Å². The highest BCUT2D eigenvalue weighted by molar-refractivity contribution is 5.76. The molecule has 0 amide bonds. The zero-order valence-electron chi connectivity index (χ0n) is 8.59. The lowest BCUT2D eigenvalue weighted by molar-refractivity contribution is 0.856. The van der Waals surface area contributed by atoms with Gasteiger partial charge in [0, 0.05) is 0 Å². The van der Waals surface area contributed by atoms with Gasteiger partial charge < -0.3 is 0 Å². The minimum atomic E-state index is 0.655. The summed E-state index contributed by atoms with van der Waals surface area (Å²) < 4.78 is 0. The summed E-state index contributed by atoms with van der Waals surface area (Å²) in [5.74, 6) is 0.655. The number of hydrogen-bond donors (Lipinski definition) is 0. The topological polar surface area (TPSA) is 0 Å². The number of benzene rings is 1. The molecule has 0 aromatic heterocycles. The summed E-state index contributed by atoms with van der Waals surface area (Å²) in [6.45, 7) is 6.75. The molecule has 0 heterocycles. The molecule has 1 aliphatic rings. The highest BCUT2D eigenvalue weighted by atomic mass is 14.2. The van der Waals surface area contributed by atoms with Crippen molar-refractivity contribution in [3.8, 4) is 0 Å². The van der Waals surface area contributed by atoms with Gasteiger partial charge in [-0.25, -0.2) is 0 Å². The van der Waals surface area contributed by atoms with E-state index in [2.05, 4.69) is 45.0 Å². The van der Waals surface area contributed by atoms with Gasteiger partial charge in [0.15, 0.2) is 0 Å². The Morgan fingerprint density at radius 2 is 2.00 bits per heavy atom. The summed E-state index contributed by atoms with van der Waals surface area (Å²) in [6.07, 6.45) is 3.51. The van der Waals surface area contributed by atoms with Gasteiger partial charge in [-0.2, -0.15) is 0 Å². The van der Waals surface area contributed by atoms with E-state index in [0.717, 1.165) is 6.42 Å². The van der Waals surface area contributed by atoms with Crippen LogP contribution in [0.3, 0.4) is 0 Å². The molecule has 0 radical (unpaired) electrons. The van der Waals surface area contributed by atoms with E-state index in [-0.39, 0.29) is 0 Å². The van der Waals surface area contributed by atoms with E-state index in [1.165, 1.54) is 22.3 Å². The van der Waals surface area contributed by atoms with Gasteiger partial charge in [-0.05, 0) is 41.5 Å². The maximum absolute atomic E-state index is 2.38. The molecule has 0 nitrogen and oxygen atoms in total. The molecule has 0 N–H and O–H groups in total. The molecule has 0 saturated heterocycles. The minimum Gasteiger partial charge on any atom is -0.0760 e. The van der Waals surface area contributed by atoms with Crippen LogP contribution in [0.5, 0.6) is 0 Å². The Morgan fingerprint density at radius 1 is 1.23 bits per heavy atom. The van der Waals surface area contributed by atoms with E-state index in [1.54, 1.807) is 0 Å². The van der Waals surface area contributed by atoms with Gasteiger partial charge in [-0.15, -0.1) is 0 Å². The van der Waals surface area contributed by atoms with Crippen molar-refractivity contribution in [1.82, 2.24) is 0 Å². The molecule has 0 heteroatoms. The summed E-state index contributed by atoms with van der Waals surface area (Å²) in [4.78, 5) is 0. The van der Waals surface area contributed by atoms with Crippen LogP contribution in [0.4, 0.5) is 0 Å². The maximum atomic E-state index is 2.38. The lowest BCUT2D eigenvalue weighted by Crippen LogP contribution is -1.94. The molecule has 1 aliphatic carbocycles. The van der Waals surface area contributed by atoms with Crippen molar-refractivity contribution < 1.29 is 0 Å². The van der Waals surface area contributed by atoms with E-state index in [1.807, 2.05) is 0 Å². The van der Waals surface area contributed by atoms with Crippen molar-refractivity contribution in [1.29, 1.82) is 0 Å². The van der Waals surface area contributed by atoms with E-state index >= 15 is 0 Å². The van der Waals surface area contributed by atoms with Gasteiger partial charge in [0.25, 0.3) is 0 Å². The first-order valence-electron chi connectivity index (χ1n) is 4.99. The van der Waals surface area contributed by atoms with Crippen LogP contribution < -0.4 is 0 Å². The molecule has 0 unspecified atom stereocenters. The summed E-state index contributed by atoms with van der Waals surface area (Å²) in [5.41, 5.74) is 5.98. The van der Waals surface area contributed by atoms with Gasteiger partial charge in [0.2, 0.25) is 0 Å². The average Bonchev–Trinajstić information content (AvgIpc) is 2.49. The van der Waals surface area contributed by atoms with Gasteiger partial charge >= 0.3 is 0 Å². The van der Waals surface area contributed by atoms with Crippen molar-refractivity contribution in [3.63, 3.8) is 0 Å². The fourth-order valence-corrected chi connectivity index (χ4v) is 2.16. The van der Waals surface area contributed by atoms with Crippen molar-refractivity contribution >= 4 is 5.57 Å². The van der Waals surface area contributed by atoms with E-state index in [4.69, 9.17) is 0 Å². The van der Waals surface area contributed by atoms with Crippen LogP contribution in [0.25, 0.3) is 5.57 Å². The lowest BCUT2D eigenvalue weighted by atomic mass is 9.93. The fourth-order valence-electron chi connectivity index (χ4n) is 2.16. The van der Waals surface area contributed by atoms with Crippen LogP contribution in [-0.2, 0) is 6.42 Å². The highest BCUT2D eigenvalue weighted by Crippen LogP contribution is 2.34. The van der Waals surface area contributed by atoms with Gasteiger partial charge in [-0.1, -0.05) is 38.1 Å². The van der Waals surface area contributed by atoms with Crippen LogP contribution in [0.1, 0.15) is 30.5 Å². The van der Waals surface area contributed by atoms with E-state index in [0.29, 0.717) is 5.92 Å². The molecule has 0 aliphatic heterocycles. The van der Waals surface area contributed by atoms with E-state index in [9.17, 15) is 0 Å². The van der Waals surface area contributed by atoms with Crippen LogP contribution in [0, 0.1) is 12.8 Å². The first-order chi connectivity index (χ1) is 6.20. The molecular formula is C13H16. The Kier molecular flexibility index (Phi) is 1.99. The van der Waals surface area contributed by atoms with Crippen LogP contribution in [0.2, 0.25) is 0 Å². The second-order valence-corrected chi connectivity index (χ2v) is 4.13. The molecule has 0 bridgehead atoms. The van der Waals surface area contributed by atoms with Crippen molar-refractivity contribution in [2.24, 2.45) is 5.92 Å². The largest absolute Gasteiger partial charge is 0.0760 e. The first kappa shape index (κ1) is 8.55. The monoisotopic (exact) mass is 172 g/mol. The maximum Gasteiger partial charge on any atom is -0.00852 e. The Balaban J connectivity index is 2.54. The first-order valence-corrected chi connectivity index (χ1v) is 4.99. The zero-order valence-corrected chi connectivity index (χ0v) is 8.59. The second kappa shape index (κ2) is 3.02. The van der Waals surface area contributed by atoms with Gasteiger partial charge in [0.05, 0.1) is 0 Å². The molecule has 13 heavy (non-hydrogen) atoms. The second-order valence-electron chi connectivity index (χ2n) is 4.13. The third kappa shape index (κ3) is 1.31. The smallest absolute Gasteiger partial charge is 0.00852 e. The standard InChI is InChI=1S/C13H16/c1-9(2)12-8-7-11-6-4-5-10(3)13(11)12/h4-6,8-9H,7H2,1-3H3. The van der Waals surface area contributed by atoms with Crippen LogP contribution in [0.15, 0.2) is 24.3 Å². The van der Waals surface area contributed by atoms with Crippen LogP contribution in [-0.4, -0.2) is 0 Å². The fraction of sp³-hybridized carbons (Fsp3) is 0.385. The predicted octanol–water partition coefficient (Wildman–Crippen LogP) is 3.59. The van der Waals surface area contributed by atoms with Crippen LogP contribution >= 0.6 is 0 Å². The molecule has 0 saturated carbocycles. The summed E-state index contributed by atoms with van der Waals surface area (Å²) in [5, 5.41) is 0. The third-order valence-corrected chi connectivity index (χ3v) is 2.81. The Hall–Kier alpha value is -1.04. The molecule has 68 valence electrons. The number of rotatable bonds is 1. The molecule has 0 spiro atoms. The molecular weight excluding hydrogens is 156 g/mol. The quantitative estimate of drug-likeness (QED) is 0.607. The molecule has 1 aromatic carbocycles. The predicted molar refractivity (Wildman–Crippen MR) is 57.7 cm³/mol. The minimum absolute atomic E-state index is 0.655. The molecule has 2 rings (SSSR count). The Bertz CT molecular complexity index is 356. The summed E-state index contributed by atoms with van der Waals surface area (Å²) >= 11 is 0. The number of hydrogen-bond acceptors (Lipinski definition) is 0. The summed E-state index contributed by atoms with van der Waals surface area (Å²) in [6, 6.07) is 6.61. The van der Waals surface area contributed by atoms with Gasteiger partial charge in [0.1, 0.15) is 0 Å². The van der Waals surface area contributed by atoms with Crippen molar-refractivity contribution in [2.45, 2.75) is 27.2 Å². The number of allylic oxidation sites excluding steroid dienone is 2. The number of aryl methyl sites for hydroxylation is 1. The SMILES string of the molecule is Cc1cccc2c1C(C(C)C)=CC2. The Labute approximate surface area is 80.3 Å². The molecule has 0 fully saturated rings. The zero-order chi connectivity index (χ0) is 9.42. The van der Waals surface area contributed by atoms with E-state index < -0.39 is 0 Å². The lowest BCUT2D eigenvalue weighted by Gasteiger charge is -2.11. The average molecular weight is 172 g/mol. The Morgan fingerprint density at radius 3 is 2.69 bits per heavy atom. The normalized spacial score (nSPS) is 14.6.